The topological polar surface area (TPSA) is 12.0 Å². The Labute approximate surface area is 89.0 Å². The van der Waals surface area contributed by atoms with E-state index in [2.05, 4.69) is 25.7 Å². The van der Waals surface area contributed by atoms with Gasteiger partial charge in [-0.2, -0.15) is 0 Å². The van der Waals surface area contributed by atoms with E-state index in [9.17, 15) is 0 Å². The summed E-state index contributed by atoms with van der Waals surface area (Å²) in [7, 11) is 0. The summed E-state index contributed by atoms with van der Waals surface area (Å²) in [5.74, 6) is 1.83. The van der Waals surface area contributed by atoms with E-state index in [0.29, 0.717) is 0 Å². The van der Waals surface area contributed by atoms with Gasteiger partial charge in [0.15, 0.2) is 0 Å². The van der Waals surface area contributed by atoms with Crippen LogP contribution in [0, 0.1) is 11.8 Å². The minimum atomic E-state index is 0.911. The highest BCUT2D eigenvalue weighted by molar-refractivity contribution is 4.95. The van der Waals surface area contributed by atoms with Crippen LogP contribution in [0.15, 0.2) is 12.2 Å². The second-order valence-corrected chi connectivity index (χ2v) is 4.76. The van der Waals surface area contributed by atoms with E-state index < -0.39 is 0 Å². The lowest BCUT2D eigenvalue weighted by Crippen LogP contribution is -2.30. The summed E-state index contributed by atoms with van der Waals surface area (Å²) in [6, 6.07) is 0. The van der Waals surface area contributed by atoms with E-state index in [-0.39, 0.29) is 0 Å². The fourth-order valence-electron chi connectivity index (χ4n) is 2.26. The first-order valence-corrected chi connectivity index (χ1v) is 6.11. The van der Waals surface area contributed by atoms with Crippen molar-refractivity contribution in [3.63, 3.8) is 0 Å². The Morgan fingerprint density at radius 1 is 1.36 bits per heavy atom. The van der Waals surface area contributed by atoms with E-state index >= 15 is 0 Å². The largest absolute Gasteiger partial charge is 0.313 e. The first-order chi connectivity index (χ1) is 6.74. The highest BCUT2D eigenvalue weighted by atomic mass is 14.9. The maximum Gasteiger partial charge on any atom is 0.0161 e. The van der Waals surface area contributed by atoms with Crippen molar-refractivity contribution in [2.24, 2.45) is 11.8 Å². The molecule has 1 N–H and O–H groups in total. The Morgan fingerprint density at radius 2 is 2.07 bits per heavy atom. The van der Waals surface area contributed by atoms with Gasteiger partial charge >= 0.3 is 0 Å². The molecule has 0 aromatic heterocycles. The zero-order chi connectivity index (χ0) is 10.4. The van der Waals surface area contributed by atoms with Crippen molar-refractivity contribution in [1.82, 2.24) is 5.32 Å². The van der Waals surface area contributed by atoms with Crippen LogP contribution >= 0.6 is 0 Å². The molecule has 0 aliphatic heterocycles. The third-order valence-corrected chi connectivity index (χ3v) is 3.57. The molecule has 1 nitrogen and oxygen atoms in total. The smallest absolute Gasteiger partial charge is 0.0161 e. The minimum Gasteiger partial charge on any atom is -0.313 e. The zero-order valence-electron chi connectivity index (χ0n) is 9.81. The molecule has 0 amide bonds. The lowest BCUT2D eigenvalue weighted by atomic mass is 9.80. The van der Waals surface area contributed by atoms with Crippen LogP contribution in [0.1, 0.15) is 46.0 Å². The third-order valence-electron chi connectivity index (χ3n) is 3.57. The molecule has 0 spiro atoms. The SMILES string of the molecule is C=C(CC)CNCC1CCCCC1C. The normalized spacial score (nSPS) is 27.6. The molecule has 1 aliphatic rings. The van der Waals surface area contributed by atoms with Crippen LogP contribution in [-0.4, -0.2) is 13.1 Å². The molecule has 1 heteroatoms. The van der Waals surface area contributed by atoms with E-state index in [1.54, 1.807) is 0 Å². The summed E-state index contributed by atoms with van der Waals surface area (Å²) in [5.41, 5.74) is 1.33. The average molecular weight is 195 g/mol. The zero-order valence-corrected chi connectivity index (χ0v) is 9.81. The van der Waals surface area contributed by atoms with Crippen LogP contribution in [-0.2, 0) is 0 Å². The Morgan fingerprint density at radius 3 is 2.71 bits per heavy atom. The van der Waals surface area contributed by atoms with Crippen LogP contribution in [0.4, 0.5) is 0 Å². The summed E-state index contributed by atoms with van der Waals surface area (Å²) < 4.78 is 0. The molecule has 0 bridgehead atoms. The molecule has 1 saturated carbocycles. The molecule has 14 heavy (non-hydrogen) atoms. The molecule has 1 rings (SSSR count). The van der Waals surface area contributed by atoms with Crippen LogP contribution in [0.5, 0.6) is 0 Å². The quantitative estimate of drug-likeness (QED) is 0.663. The van der Waals surface area contributed by atoms with Gasteiger partial charge in [-0.25, -0.2) is 0 Å². The third kappa shape index (κ3) is 3.83. The molecule has 1 fully saturated rings. The molecule has 0 radical (unpaired) electrons. The Balaban J connectivity index is 2.13. The van der Waals surface area contributed by atoms with Crippen LogP contribution in [0.25, 0.3) is 0 Å². The van der Waals surface area contributed by atoms with Crippen LogP contribution in [0.2, 0.25) is 0 Å². The van der Waals surface area contributed by atoms with Gasteiger partial charge in [0.2, 0.25) is 0 Å². The van der Waals surface area contributed by atoms with Gasteiger partial charge in [0.1, 0.15) is 0 Å². The predicted molar refractivity (Wildman–Crippen MR) is 63.4 cm³/mol. The fourth-order valence-corrected chi connectivity index (χ4v) is 2.26. The second kappa shape index (κ2) is 6.23. The average Bonchev–Trinajstić information content (AvgIpc) is 2.20. The first-order valence-electron chi connectivity index (χ1n) is 6.11. The Bertz CT molecular complexity index is 174. The van der Waals surface area contributed by atoms with Gasteiger partial charge in [-0.1, -0.05) is 45.3 Å². The summed E-state index contributed by atoms with van der Waals surface area (Å²) in [5, 5.41) is 3.54. The summed E-state index contributed by atoms with van der Waals surface area (Å²) in [6.45, 7) is 10.8. The van der Waals surface area contributed by atoms with Crippen molar-refractivity contribution in [2.75, 3.05) is 13.1 Å². The van der Waals surface area contributed by atoms with Gasteiger partial charge in [-0.15, -0.1) is 0 Å². The highest BCUT2D eigenvalue weighted by Gasteiger charge is 2.20. The predicted octanol–water partition coefficient (Wildman–Crippen LogP) is 3.37. The number of hydrogen-bond acceptors (Lipinski definition) is 1. The molecule has 2 atom stereocenters. The van der Waals surface area contributed by atoms with Crippen molar-refractivity contribution in [1.29, 1.82) is 0 Å². The van der Waals surface area contributed by atoms with E-state index in [1.165, 1.54) is 37.8 Å². The molecular weight excluding hydrogens is 170 g/mol. The number of rotatable bonds is 5. The highest BCUT2D eigenvalue weighted by Crippen LogP contribution is 2.28. The molecule has 0 aromatic carbocycles. The molecule has 0 heterocycles. The second-order valence-electron chi connectivity index (χ2n) is 4.76. The molecule has 82 valence electrons. The van der Waals surface area contributed by atoms with Gasteiger partial charge in [0.25, 0.3) is 0 Å². The lowest BCUT2D eigenvalue weighted by Gasteiger charge is -2.29. The van der Waals surface area contributed by atoms with Gasteiger partial charge in [0, 0.05) is 6.54 Å². The van der Waals surface area contributed by atoms with Gasteiger partial charge in [-0.05, 0) is 31.2 Å². The van der Waals surface area contributed by atoms with Crippen LogP contribution in [0.3, 0.4) is 0 Å². The summed E-state index contributed by atoms with van der Waals surface area (Å²) in [6.07, 6.45) is 6.84. The van der Waals surface area contributed by atoms with Crippen molar-refractivity contribution in [2.45, 2.75) is 46.0 Å². The maximum absolute atomic E-state index is 4.01. The molecular formula is C13H25N. The van der Waals surface area contributed by atoms with Crippen LogP contribution < -0.4 is 5.32 Å². The number of hydrogen-bond donors (Lipinski definition) is 1. The molecule has 1 aliphatic carbocycles. The van der Waals surface area contributed by atoms with Gasteiger partial charge in [0.05, 0.1) is 0 Å². The van der Waals surface area contributed by atoms with E-state index in [1.807, 2.05) is 0 Å². The standard InChI is InChI=1S/C13H25N/c1-4-11(2)9-14-10-13-8-6-5-7-12(13)3/h12-14H,2,4-10H2,1,3H3. The molecule has 2 unspecified atom stereocenters. The Kier molecular flexibility index (Phi) is 5.24. The van der Waals surface area contributed by atoms with E-state index in [0.717, 1.165) is 24.8 Å². The molecule has 0 saturated heterocycles. The summed E-state index contributed by atoms with van der Waals surface area (Å²) >= 11 is 0. The van der Waals surface area contributed by atoms with Crippen molar-refractivity contribution >= 4 is 0 Å². The Hall–Kier alpha value is -0.300. The maximum atomic E-state index is 4.01. The fraction of sp³-hybridized carbons (Fsp3) is 0.846. The van der Waals surface area contributed by atoms with Crippen molar-refractivity contribution in [3.8, 4) is 0 Å². The van der Waals surface area contributed by atoms with Gasteiger partial charge < -0.3 is 5.32 Å². The number of nitrogens with one attached hydrogen (secondary N) is 1. The molecule has 0 aromatic rings. The minimum absolute atomic E-state index is 0.911. The summed E-state index contributed by atoms with van der Waals surface area (Å²) in [4.78, 5) is 0. The first kappa shape index (κ1) is 11.8. The van der Waals surface area contributed by atoms with Crippen molar-refractivity contribution < 1.29 is 0 Å². The van der Waals surface area contributed by atoms with E-state index in [4.69, 9.17) is 0 Å². The lowest BCUT2D eigenvalue weighted by molar-refractivity contribution is 0.250. The van der Waals surface area contributed by atoms with Crippen molar-refractivity contribution in [3.05, 3.63) is 12.2 Å². The van der Waals surface area contributed by atoms with Gasteiger partial charge in [-0.3, -0.25) is 0 Å². The monoisotopic (exact) mass is 195 g/mol.